The highest BCUT2D eigenvalue weighted by molar-refractivity contribution is 6.37. The fourth-order valence-electron chi connectivity index (χ4n) is 2.46. The van der Waals surface area contributed by atoms with Gasteiger partial charge in [-0.3, -0.25) is 14.8 Å². The van der Waals surface area contributed by atoms with Gasteiger partial charge >= 0.3 is 0 Å². The molecule has 0 fully saturated rings. The van der Waals surface area contributed by atoms with Crippen molar-refractivity contribution in [3.05, 3.63) is 74.0 Å². The van der Waals surface area contributed by atoms with Crippen LogP contribution in [0.25, 0.3) is 0 Å². The molecule has 0 aliphatic carbocycles. The number of nitrogens with zero attached hydrogens (tertiary/aromatic N) is 3. The van der Waals surface area contributed by atoms with Crippen molar-refractivity contribution < 1.29 is 14.4 Å². The van der Waals surface area contributed by atoms with E-state index in [4.69, 9.17) is 32.7 Å². The van der Waals surface area contributed by atoms with Gasteiger partial charge in [-0.1, -0.05) is 35.3 Å². The fourth-order valence-corrected chi connectivity index (χ4v) is 3.01. The number of benzene rings is 2. The van der Waals surface area contributed by atoms with Gasteiger partial charge < -0.3 is 9.47 Å². The van der Waals surface area contributed by atoms with E-state index in [0.717, 1.165) is 11.3 Å². The van der Waals surface area contributed by atoms with Crippen LogP contribution in [-0.2, 0) is 6.54 Å². The van der Waals surface area contributed by atoms with E-state index in [1.807, 2.05) is 24.3 Å². The summed E-state index contributed by atoms with van der Waals surface area (Å²) >= 11 is 12.2. The second-order valence-electron chi connectivity index (χ2n) is 5.72. The number of non-ortho nitro benzene ring substituents is 1. The van der Waals surface area contributed by atoms with Crippen LogP contribution in [-0.4, -0.2) is 21.8 Å². The number of hydrogen-bond donors (Lipinski definition) is 0. The number of halogens is 2. The Morgan fingerprint density at radius 3 is 2.37 bits per heavy atom. The molecule has 3 aromatic rings. The summed E-state index contributed by atoms with van der Waals surface area (Å²) in [6.45, 7) is 2.32. The first-order valence-corrected chi connectivity index (χ1v) is 8.61. The van der Waals surface area contributed by atoms with Crippen molar-refractivity contribution in [3.8, 4) is 17.2 Å². The maximum absolute atomic E-state index is 10.9. The SMILES string of the molecule is COc1ccc(Cn2cc(Oc3c(Cl)cc([N+](=O)[O-])cc3Cl)c(C)n2)cc1. The van der Waals surface area contributed by atoms with Crippen molar-refractivity contribution in [2.45, 2.75) is 13.5 Å². The molecule has 0 amide bonds. The maximum atomic E-state index is 10.9. The lowest BCUT2D eigenvalue weighted by Gasteiger charge is -2.08. The molecule has 0 spiro atoms. The molecule has 0 radical (unpaired) electrons. The molecule has 0 saturated carbocycles. The highest BCUT2D eigenvalue weighted by Gasteiger charge is 2.18. The zero-order valence-corrected chi connectivity index (χ0v) is 16.0. The standard InChI is InChI=1S/C18H15Cl2N3O4/c1-11-17(27-18-15(19)7-13(23(24)25)8-16(18)20)10-22(21-11)9-12-3-5-14(26-2)6-4-12/h3-8,10H,9H2,1-2H3. The predicted octanol–water partition coefficient (Wildman–Crippen LogP) is 5.26. The molecule has 0 bridgehead atoms. The monoisotopic (exact) mass is 407 g/mol. The van der Waals surface area contributed by atoms with Gasteiger partial charge in [-0.15, -0.1) is 0 Å². The number of nitro groups is 1. The van der Waals surface area contributed by atoms with Crippen LogP contribution in [0.1, 0.15) is 11.3 Å². The summed E-state index contributed by atoms with van der Waals surface area (Å²) in [7, 11) is 1.62. The Morgan fingerprint density at radius 1 is 1.19 bits per heavy atom. The molecule has 0 aliphatic rings. The first kappa shape index (κ1) is 19.0. The number of hydrogen-bond acceptors (Lipinski definition) is 5. The van der Waals surface area contributed by atoms with Gasteiger partial charge in [0, 0.05) is 12.1 Å². The van der Waals surface area contributed by atoms with Gasteiger partial charge in [-0.2, -0.15) is 5.10 Å². The van der Waals surface area contributed by atoms with Gasteiger partial charge in [-0.25, -0.2) is 0 Å². The molecule has 0 aliphatic heterocycles. The molecular weight excluding hydrogens is 393 g/mol. The molecule has 9 heteroatoms. The minimum absolute atomic E-state index is 0.0523. The first-order valence-electron chi connectivity index (χ1n) is 7.85. The van der Waals surface area contributed by atoms with Crippen molar-refractivity contribution in [2.75, 3.05) is 7.11 Å². The van der Waals surface area contributed by atoms with Gasteiger partial charge in [0.15, 0.2) is 11.5 Å². The van der Waals surface area contributed by atoms with Crippen LogP contribution in [0.2, 0.25) is 10.0 Å². The van der Waals surface area contributed by atoms with E-state index >= 15 is 0 Å². The normalized spacial score (nSPS) is 10.7. The van der Waals surface area contributed by atoms with Crippen LogP contribution in [0.15, 0.2) is 42.6 Å². The van der Waals surface area contributed by atoms with Gasteiger partial charge in [0.2, 0.25) is 0 Å². The number of nitro benzene ring substituents is 1. The van der Waals surface area contributed by atoms with Crippen LogP contribution in [0, 0.1) is 17.0 Å². The molecule has 3 rings (SSSR count). The minimum Gasteiger partial charge on any atom is -0.497 e. The maximum Gasteiger partial charge on any atom is 0.272 e. The Kier molecular flexibility index (Phi) is 5.53. The van der Waals surface area contributed by atoms with E-state index in [-0.39, 0.29) is 21.5 Å². The second kappa shape index (κ2) is 7.85. The van der Waals surface area contributed by atoms with Crippen LogP contribution < -0.4 is 9.47 Å². The van der Waals surface area contributed by atoms with Crippen molar-refractivity contribution in [1.82, 2.24) is 9.78 Å². The van der Waals surface area contributed by atoms with Crippen molar-refractivity contribution in [1.29, 1.82) is 0 Å². The summed E-state index contributed by atoms with van der Waals surface area (Å²) in [4.78, 5) is 10.3. The number of aryl methyl sites for hydroxylation is 1. The average Bonchev–Trinajstić information content (AvgIpc) is 2.97. The molecule has 1 aromatic heterocycles. The molecule has 0 N–H and O–H groups in total. The second-order valence-corrected chi connectivity index (χ2v) is 6.54. The first-order chi connectivity index (χ1) is 12.9. The molecule has 27 heavy (non-hydrogen) atoms. The predicted molar refractivity (Wildman–Crippen MR) is 102 cm³/mol. The van der Waals surface area contributed by atoms with Gasteiger partial charge in [0.05, 0.1) is 34.8 Å². The third kappa shape index (κ3) is 4.32. The summed E-state index contributed by atoms with van der Waals surface area (Å²) in [6.07, 6.45) is 1.72. The Morgan fingerprint density at radius 2 is 1.81 bits per heavy atom. The highest BCUT2D eigenvalue weighted by atomic mass is 35.5. The Labute approximate surface area is 165 Å². The summed E-state index contributed by atoms with van der Waals surface area (Å²) in [5.41, 5.74) is 1.47. The van der Waals surface area contributed by atoms with E-state index in [2.05, 4.69) is 5.10 Å². The van der Waals surface area contributed by atoms with E-state index in [9.17, 15) is 10.1 Å². The van der Waals surface area contributed by atoms with Crippen LogP contribution >= 0.6 is 23.2 Å². The van der Waals surface area contributed by atoms with Gasteiger partial charge in [0.1, 0.15) is 11.4 Å². The Bertz CT molecular complexity index is 964. The van der Waals surface area contributed by atoms with Crippen molar-refractivity contribution in [3.63, 3.8) is 0 Å². The van der Waals surface area contributed by atoms with Gasteiger partial charge in [-0.05, 0) is 24.6 Å². The summed E-state index contributed by atoms with van der Waals surface area (Å²) in [6, 6.07) is 10.0. The smallest absolute Gasteiger partial charge is 0.272 e. The lowest BCUT2D eigenvalue weighted by Crippen LogP contribution is -2.00. The van der Waals surface area contributed by atoms with E-state index in [0.29, 0.717) is 18.0 Å². The number of aromatic nitrogens is 2. The van der Waals surface area contributed by atoms with E-state index in [1.54, 1.807) is 24.9 Å². The summed E-state index contributed by atoms with van der Waals surface area (Å²) in [5, 5.41) is 15.4. The largest absolute Gasteiger partial charge is 0.497 e. The molecule has 2 aromatic carbocycles. The summed E-state index contributed by atoms with van der Waals surface area (Å²) < 4.78 is 12.6. The zero-order chi connectivity index (χ0) is 19.6. The molecule has 140 valence electrons. The zero-order valence-electron chi connectivity index (χ0n) is 14.5. The number of rotatable bonds is 6. The minimum atomic E-state index is -0.570. The third-order valence-electron chi connectivity index (χ3n) is 3.81. The average molecular weight is 408 g/mol. The van der Waals surface area contributed by atoms with Gasteiger partial charge in [0.25, 0.3) is 5.69 Å². The lowest BCUT2D eigenvalue weighted by molar-refractivity contribution is -0.384. The van der Waals surface area contributed by atoms with Crippen LogP contribution in [0.4, 0.5) is 5.69 Å². The lowest BCUT2D eigenvalue weighted by atomic mass is 10.2. The number of methoxy groups -OCH3 is 1. The van der Waals surface area contributed by atoms with Crippen LogP contribution in [0.5, 0.6) is 17.2 Å². The molecule has 0 unspecified atom stereocenters. The van der Waals surface area contributed by atoms with E-state index < -0.39 is 4.92 Å². The van der Waals surface area contributed by atoms with E-state index in [1.165, 1.54) is 12.1 Å². The van der Waals surface area contributed by atoms with Crippen molar-refractivity contribution >= 4 is 28.9 Å². The fraction of sp³-hybridized carbons (Fsp3) is 0.167. The molecule has 0 saturated heterocycles. The Balaban J connectivity index is 1.81. The molecular formula is C18H15Cl2N3O4. The molecule has 0 atom stereocenters. The highest BCUT2D eigenvalue weighted by Crippen LogP contribution is 2.40. The molecule has 1 heterocycles. The number of ether oxygens (including phenoxy) is 2. The molecule has 7 nitrogen and oxygen atoms in total. The quantitative estimate of drug-likeness (QED) is 0.411. The Hall–Kier alpha value is -2.77. The van der Waals surface area contributed by atoms with Crippen molar-refractivity contribution in [2.24, 2.45) is 0 Å². The summed E-state index contributed by atoms with van der Waals surface area (Å²) in [5.74, 6) is 1.39. The van der Waals surface area contributed by atoms with Crippen LogP contribution in [0.3, 0.4) is 0 Å². The topological polar surface area (TPSA) is 79.4 Å². The third-order valence-corrected chi connectivity index (χ3v) is 4.37.